The highest BCUT2D eigenvalue weighted by molar-refractivity contribution is 7.89. The lowest BCUT2D eigenvalue weighted by Gasteiger charge is -2.31. The predicted octanol–water partition coefficient (Wildman–Crippen LogP) is 3.22. The SMILES string of the molecule is CCS(=O)(=O)N1CCC(CNc2nc3cnc(-c4c(OC)ncnc4C4CC4)nc3n([C@H](C)C3CC3)c2=O)CC1.[HH]. The van der Waals surface area contributed by atoms with E-state index >= 15 is 0 Å². The third kappa shape index (κ3) is 5.16. The highest BCUT2D eigenvalue weighted by atomic mass is 32.2. The van der Waals surface area contributed by atoms with Crippen LogP contribution in [0.1, 0.15) is 71.5 Å². The van der Waals surface area contributed by atoms with Gasteiger partial charge in [-0.3, -0.25) is 9.36 Å². The van der Waals surface area contributed by atoms with Crippen LogP contribution in [-0.2, 0) is 10.0 Å². The zero-order chi connectivity index (χ0) is 28.0. The second-order valence-corrected chi connectivity index (χ2v) is 13.4. The Hall–Kier alpha value is -3.19. The van der Waals surface area contributed by atoms with Crippen molar-refractivity contribution in [1.29, 1.82) is 0 Å². The largest absolute Gasteiger partial charge is 0.480 e. The molecule has 3 fully saturated rings. The van der Waals surface area contributed by atoms with Crippen LogP contribution in [0.3, 0.4) is 0 Å². The molecule has 1 atom stereocenters. The second kappa shape index (κ2) is 10.7. The molecule has 0 unspecified atom stereocenters. The molecule has 0 amide bonds. The van der Waals surface area contributed by atoms with Crippen LogP contribution < -0.4 is 15.6 Å². The molecule has 40 heavy (non-hydrogen) atoms. The van der Waals surface area contributed by atoms with Crippen molar-refractivity contribution in [2.45, 2.75) is 64.3 Å². The first kappa shape index (κ1) is 27.0. The van der Waals surface area contributed by atoms with Gasteiger partial charge in [0.25, 0.3) is 5.56 Å². The number of aromatic nitrogens is 6. The van der Waals surface area contributed by atoms with Gasteiger partial charge in [0, 0.05) is 33.0 Å². The van der Waals surface area contributed by atoms with Crippen molar-refractivity contribution >= 4 is 27.0 Å². The van der Waals surface area contributed by atoms with Crippen LogP contribution in [0.15, 0.2) is 17.3 Å². The van der Waals surface area contributed by atoms with E-state index in [4.69, 9.17) is 9.72 Å². The van der Waals surface area contributed by atoms with Crippen molar-refractivity contribution in [2.75, 3.05) is 37.8 Å². The summed E-state index contributed by atoms with van der Waals surface area (Å²) in [6.45, 7) is 5.29. The van der Waals surface area contributed by atoms with Crippen LogP contribution in [0, 0.1) is 11.8 Å². The van der Waals surface area contributed by atoms with E-state index < -0.39 is 10.0 Å². The van der Waals surface area contributed by atoms with Gasteiger partial charge in [0.05, 0.1) is 24.8 Å². The molecule has 4 heterocycles. The van der Waals surface area contributed by atoms with Gasteiger partial charge in [-0.15, -0.1) is 0 Å². The number of nitrogens with zero attached hydrogens (tertiary/aromatic N) is 7. The number of ether oxygens (including phenoxy) is 1. The molecule has 3 aromatic heterocycles. The molecule has 1 N–H and O–H groups in total. The van der Waals surface area contributed by atoms with E-state index in [2.05, 4.69) is 32.2 Å². The Kier molecular flexibility index (Phi) is 7.19. The Morgan fingerprint density at radius 3 is 2.50 bits per heavy atom. The van der Waals surface area contributed by atoms with Gasteiger partial charge in [0.2, 0.25) is 15.9 Å². The summed E-state index contributed by atoms with van der Waals surface area (Å²) in [6, 6.07) is -0.0411. The Bertz CT molecular complexity index is 1580. The number of anilines is 1. The number of fused-ring (bicyclic) bond motifs is 1. The first-order valence-electron chi connectivity index (χ1n) is 14.2. The number of nitrogens with one attached hydrogen (secondary N) is 1. The average molecular weight is 571 g/mol. The molecule has 3 aromatic rings. The fourth-order valence-electron chi connectivity index (χ4n) is 5.63. The molecule has 12 nitrogen and oxygen atoms in total. The van der Waals surface area contributed by atoms with E-state index in [0.29, 0.717) is 59.9 Å². The van der Waals surface area contributed by atoms with Gasteiger partial charge < -0.3 is 10.1 Å². The lowest BCUT2D eigenvalue weighted by atomic mass is 9.98. The van der Waals surface area contributed by atoms with E-state index in [9.17, 15) is 13.2 Å². The van der Waals surface area contributed by atoms with Gasteiger partial charge in [0.15, 0.2) is 17.3 Å². The topological polar surface area (TPSA) is 145 Å². The van der Waals surface area contributed by atoms with E-state index in [1.54, 1.807) is 29.1 Å². The average Bonchev–Trinajstić information content (AvgIpc) is 3.89. The Balaban J connectivity index is 0.00000337. The number of methoxy groups -OCH3 is 1. The molecule has 216 valence electrons. The van der Waals surface area contributed by atoms with Crippen molar-refractivity contribution in [2.24, 2.45) is 11.8 Å². The zero-order valence-electron chi connectivity index (χ0n) is 23.2. The predicted molar refractivity (Wildman–Crippen MR) is 153 cm³/mol. The first-order valence-corrected chi connectivity index (χ1v) is 15.8. The van der Waals surface area contributed by atoms with E-state index in [-0.39, 0.29) is 30.5 Å². The van der Waals surface area contributed by atoms with Crippen molar-refractivity contribution in [3.05, 3.63) is 28.6 Å². The third-order valence-electron chi connectivity index (χ3n) is 8.46. The molecule has 0 aromatic carbocycles. The van der Waals surface area contributed by atoms with Crippen LogP contribution >= 0.6 is 0 Å². The number of rotatable bonds is 10. The molecule has 1 saturated heterocycles. The van der Waals surface area contributed by atoms with Crippen LogP contribution in [-0.4, -0.2) is 74.7 Å². The van der Waals surface area contributed by atoms with Crippen LogP contribution in [0.2, 0.25) is 0 Å². The summed E-state index contributed by atoms with van der Waals surface area (Å²) in [5.74, 6) is 2.24. The minimum atomic E-state index is -3.17. The zero-order valence-corrected chi connectivity index (χ0v) is 24.0. The molecule has 2 aliphatic carbocycles. The summed E-state index contributed by atoms with van der Waals surface area (Å²) in [5, 5.41) is 3.29. The van der Waals surface area contributed by atoms with Crippen molar-refractivity contribution < 1.29 is 14.6 Å². The van der Waals surface area contributed by atoms with Gasteiger partial charge >= 0.3 is 0 Å². The highest BCUT2D eigenvalue weighted by Gasteiger charge is 2.34. The van der Waals surface area contributed by atoms with Gasteiger partial charge in [0.1, 0.15) is 17.4 Å². The van der Waals surface area contributed by atoms with E-state index in [1.807, 2.05) is 0 Å². The van der Waals surface area contributed by atoms with E-state index in [1.165, 1.54) is 6.33 Å². The fraction of sp³-hybridized carbons (Fsp3) is 0.630. The van der Waals surface area contributed by atoms with Crippen LogP contribution in [0.25, 0.3) is 22.6 Å². The lowest BCUT2D eigenvalue weighted by molar-refractivity contribution is 0.282. The minimum absolute atomic E-state index is 0. The normalized spacial score (nSPS) is 19.6. The Morgan fingerprint density at radius 1 is 1.10 bits per heavy atom. The standard InChI is InChI=1S/C27H36N8O4S.H2/c1-4-40(37,38)34-11-9-17(10-12-34)13-28-24-27(36)35(16(2)18-5-6-18)25-20(32-24)14-29-23(33-25)21-22(19-7-8-19)30-15-31-26(21)39-3;/h14-19H,4-13H2,1-3H3,(H,28,32);1H/t16-;/m1./s1. The smallest absolute Gasteiger partial charge is 0.295 e. The maximum absolute atomic E-state index is 13.8. The Morgan fingerprint density at radius 2 is 1.85 bits per heavy atom. The molecule has 0 bridgehead atoms. The van der Waals surface area contributed by atoms with E-state index in [0.717, 1.165) is 44.2 Å². The summed E-state index contributed by atoms with van der Waals surface area (Å²) in [5.41, 5.74) is 2.36. The molecule has 1 aliphatic heterocycles. The number of hydrogen-bond acceptors (Lipinski definition) is 10. The molecule has 3 aliphatic rings. The molecule has 2 saturated carbocycles. The van der Waals surface area contributed by atoms with Crippen molar-refractivity contribution in [1.82, 2.24) is 33.8 Å². The van der Waals surface area contributed by atoms with Gasteiger partial charge in [-0.2, -0.15) is 0 Å². The Labute approximate surface area is 235 Å². The summed E-state index contributed by atoms with van der Waals surface area (Å²) < 4.78 is 33.3. The second-order valence-electron chi connectivity index (χ2n) is 11.2. The molecule has 0 radical (unpaired) electrons. The van der Waals surface area contributed by atoms with Crippen molar-refractivity contribution in [3.8, 4) is 17.3 Å². The number of piperidine rings is 1. The quantitative estimate of drug-likeness (QED) is 0.386. The molecule has 6 rings (SSSR count). The summed E-state index contributed by atoms with van der Waals surface area (Å²) in [4.78, 5) is 36.9. The molecule has 13 heteroatoms. The fourth-order valence-corrected chi connectivity index (χ4v) is 6.76. The summed E-state index contributed by atoms with van der Waals surface area (Å²) in [6.07, 6.45) is 8.89. The molecule has 0 spiro atoms. The first-order chi connectivity index (χ1) is 19.3. The molecular formula is C27H38N8O4S. The third-order valence-corrected chi connectivity index (χ3v) is 10.3. The van der Waals surface area contributed by atoms with Gasteiger partial charge in [-0.25, -0.2) is 37.6 Å². The maximum atomic E-state index is 13.8. The maximum Gasteiger partial charge on any atom is 0.295 e. The van der Waals surface area contributed by atoms with Crippen molar-refractivity contribution in [3.63, 3.8) is 0 Å². The van der Waals surface area contributed by atoms with Gasteiger partial charge in [-0.05, 0) is 64.2 Å². The number of hydrogen-bond donors (Lipinski definition) is 1. The minimum Gasteiger partial charge on any atom is -0.480 e. The van der Waals surface area contributed by atoms with Gasteiger partial charge in [-0.1, -0.05) is 0 Å². The summed E-state index contributed by atoms with van der Waals surface area (Å²) in [7, 11) is -1.60. The number of sulfonamides is 1. The van der Waals surface area contributed by atoms with Crippen LogP contribution in [0.5, 0.6) is 5.88 Å². The highest BCUT2D eigenvalue weighted by Crippen LogP contribution is 2.45. The lowest BCUT2D eigenvalue weighted by Crippen LogP contribution is -2.41. The monoisotopic (exact) mass is 570 g/mol. The van der Waals surface area contributed by atoms with Crippen LogP contribution in [0.4, 0.5) is 5.82 Å². The molecular weight excluding hydrogens is 532 g/mol. The summed E-state index contributed by atoms with van der Waals surface area (Å²) >= 11 is 0.